The third-order valence-corrected chi connectivity index (χ3v) is 9.82. The first kappa shape index (κ1) is 24.1. The van der Waals surface area contributed by atoms with E-state index in [0.29, 0.717) is 0 Å². The maximum atomic E-state index is 12.4. The van der Waals surface area contributed by atoms with Gasteiger partial charge in [-0.15, -0.1) is 0 Å². The predicted molar refractivity (Wildman–Crippen MR) is 175 cm³/mol. The molecule has 6 aromatic carbocycles. The first-order valence-corrected chi connectivity index (χ1v) is 16.5. The van der Waals surface area contributed by atoms with E-state index in [1.54, 1.807) is 0 Å². The Kier molecular flexibility index (Phi) is 5.23. The van der Waals surface area contributed by atoms with Crippen LogP contribution in [-0.2, 0) is 4.57 Å². The van der Waals surface area contributed by atoms with Gasteiger partial charge in [0.25, 0.3) is 0 Å². The summed E-state index contributed by atoms with van der Waals surface area (Å²) in [6.07, 6.45) is 0. The molecule has 0 aliphatic heterocycles. The highest BCUT2D eigenvalue weighted by molar-refractivity contribution is 7.70. The number of hydrogen-bond acceptors (Lipinski definition) is 2. The van der Waals surface area contributed by atoms with Gasteiger partial charge in [0.2, 0.25) is 0 Å². The van der Waals surface area contributed by atoms with Crippen LogP contribution >= 0.6 is 7.14 Å². The molecule has 41 heavy (non-hydrogen) atoms. The van der Waals surface area contributed by atoms with Crippen molar-refractivity contribution < 1.29 is 4.57 Å². The highest BCUT2D eigenvalue weighted by Gasteiger charge is 2.16. The Labute approximate surface area is 238 Å². The van der Waals surface area contributed by atoms with Crippen molar-refractivity contribution in [3.63, 3.8) is 0 Å². The predicted octanol–water partition coefficient (Wildman–Crippen LogP) is 9.53. The lowest BCUT2D eigenvalue weighted by Gasteiger charge is -2.12. The highest BCUT2D eigenvalue weighted by Crippen LogP contribution is 2.38. The molecule has 0 fully saturated rings. The number of fused-ring (bicyclic) bond motifs is 10. The van der Waals surface area contributed by atoms with Gasteiger partial charge in [0.1, 0.15) is 12.8 Å². The van der Waals surface area contributed by atoms with E-state index in [1.165, 1.54) is 21.5 Å². The fourth-order valence-electron chi connectivity index (χ4n) is 6.16. The van der Waals surface area contributed by atoms with E-state index < -0.39 is 7.14 Å². The van der Waals surface area contributed by atoms with Gasteiger partial charge in [0, 0.05) is 21.5 Å². The van der Waals surface area contributed by atoms with E-state index in [9.17, 15) is 4.57 Å². The van der Waals surface area contributed by atoms with Crippen LogP contribution in [-0.4, -0.2) is 22.7 Å². The van der Waals surface area contributed by atoms with E-state index in [1.807, 2.05) is 25.5 Å². The molecule has 0 spiro atoms. The number of nitrogens with zero attached hydrogens (tertiary/aromatic N) is 2. The summed E-state index contributed by atoms with van der Waals surface area (Å²) >= 11 is 0. The first-order valence-electron chi connectivity index (χ1n) is 13.9. The van der Waals surface area contributed by atoms with Crippen LogP contribution in [0.2, 0.25) is 0 Å². The number of pyridine rings is 1. The summed E-state index contributed by atoms with van der Waals surface area (Å²) in [6, 6.07) is 45.1. The quantitative estimate of drug-likeness (QED) is 0.163. The lowest BCUT2D eigenvalue weighted by Crippen LogP contribution is -2.01. The molecule has 8 aromatic rings. The summed E-state index contributed by atoms with van der Waals surface area (Å²) in [5.74, 6) is 0. The molecule has 0 unspecified atom stereocenters. The van der Waals surface area contributed by atoms with Gasteiger partial charge in [-0.25, -0.2) is 4.98 Å². The van der Waals surface area contributed by atoms with Crippen molar-refractivity contribution >= 4 is 61.6 Å². The SMILES string of the molecule is CP(C)(=O)c1ccc(-c2ccc(-c3ccc4c5ccccc5c5nc6ccc7ccccc7c6n5c4c3)cc2)cc1. The van der Waals surface area contributed by atoms with E-state index in [2.05, 4.69) is 120 Å². The molecule has 0 aliphatic carbocycles. The molecule has 3 nitrogen and oxygen atoms in total. The second-order valence-electron chi connectivity index (χ2n) is 11.2. The van der Waals surface area contributed by atoms with Gasteiger partial charge in [-0.1, -0.05) is 115 Å². The Hall–Kier alpha value is -4.72. The minimum absolute atomic E-state index is 0.910. The molecular formula is C37H27N2OP. The molecule has 0 amide bonds. The fourth-order valence-corrected chi connectivity index (χ4v) is 7.03. The van der Waals surface area contributed by atoms with Crippen LogP contribution in [0.1, 0.15) is 0 Å². The van der Waals surface area contributed by atoms with E-state index in [-0.39, 0.29) is 0 Å². The van der Waals surface area contributed by atoms with E-state index in [4.69, 9.17) is 4.98 Å². The monoisotopic (exact) mass is 546 g/mol. The fraction of sp³-hybridized carbons (Fsp3) is 0.0541. The van der Waals surface area contributed by atoms with Crippen molar-refractivity contribution in [2.75, 3.05) is 13.3 Å². The summed E-state index contributed by atoms with van der Waals surface area (Å²) in [4.78, 5) is 5.16. The number of imidazole rings is 1. The summed E-state index contributed by atoms with van der Waals surface area (Å²) in [5.41, 5.74) is 8.88. The maximum Gasteiger partial charge on any atom is 0.146 e. The highest BCUT2D eigenvalue weighted by atomic mass is 31.2. The third kappa shape index (κ3) is 3.81. The topological polar surface area (TPSA) is 34.4 Å². The molecule has 8 rings (SSSR count). The summed E-state index contributed by atoms with van der Waals surface area (Å²) in [6.45, 7) is 3.62. The average Bonchev–Trinajstić information content (AvgIpc) is 3.42. The van der Waals surface area contributed by atoms with Gasteiger partial charge < -0.3 is 4.57 Å². The van der Waals surface area contributed by atoms with Gasteiger partial charge in [0.15, 0.2) is 0 Å². The standard InChI is InChI=1S/C37H27N2OP/c1-41(2,40)29-19-15-25(16-20-29)24-11-13-26(14-12-24)28-17-21-32-31-9-5-6-10-33(31)37-38-34-22-18-27-7-3-4-8-30(27)36(34)39(37)35(32)23-28/h3-23H,1-2H3. The van der Waals surface area contributed by atoms with Crippen LogP contribution in [0.3, 0.4) is 0 Å². The molecule has 0 saturated carbocycles. The second kappa shape index (κ2) is 8.89. The van der Waals surface area contributed by atoms with Gasteiger partial charge in [-0.05, 0) is 58.5 Å². The second-order valence-corrected chi connectivity index (χ2v) is 14.4. The lowest BCUT2D eigenvalue weighted by molar-refractivity contribution is 0.588. The van der Waals surface area contributed by atoms with Gasteiger partial charge >= 0.3 is 0 Å². The van der Waals surface area contributed by atoms with E-state index >= 15 is 0 Å². The summed E-state index contributed by atoms with van der Waals surface area (Å²) in [7, 11) is -2.26. The molecule has 0 bridgehead atoms. The third-order valence-electron chi connectivity index (χ3n) is 8.28. The van der Waals surface area contributed by atoms with Crippen LogP contribution in [0.25, 0.3) is 71.4 Å². The Morgan fingerprint density at radius 1 is 0.561 bits per heavy atom. The van der Waals surface area contributed by atoms with Gasteiger partial charge in [-0.2, -0.15) is 0 Å². The van der Waals surface area contributed by atoms with Crippen LogP contribution < -0.4 is 5.30 Å². The van der Waals surface area contributed by atoms with E-state index in [0.717, 1.165) is 55.1 Å². The van der Waals surface area contributed by atoms with Crippen molar-refractivity contribution in [3.05, 3.63) is 127 Å². The van der Waals surface area contributed by atoms with Crippen molar-refractivity contribution in [2.24, 2.45) is 0 Å². The largest absolute Gasteiger partial charge is 0.319 e. The molecule has 4 heteroatoms. The Morgan fingerprint density at radius 2 is 1.15 bits per heavy atom. The van der Waals surface area contributed by atoms with Crippen molar-refractivity contribution in [2.45, 2.75) is 0 Å². The van der Waals surface area contributed by atoms with Crippen LogP contribution in [0.15, 0.2) is 127 Å². The molecule has 2 aromatic heterocycles. The Morgan fingerprint density at radius 3 is 1.85 bits per heavy atom. The van der Waals surface area contributed by atoms with Crippen molar-refractivity contribution in [1.82, 2.24) is 9.38 Å². The van der Waals surface area contributed by atoms with Crippen molar-refractivity contribution in [3.8, 4) is 22.3 Å². The van der Waals surface area contributed by atoms with Gasteiger partial charge in [0.05, 0.1) is 16.6 Å². The zero-order valence-corrected chi connectivity index (χ0v) is 23.8. The Bertz CT molecular complexity index is 2340. The number of hydrogen-bond donors (Lipinski definition) is 0. The molecule has 0 atom stereocenters. The van der Waals surface area contributed by atoms with Crippen molar-refractivity contribution in [1.29, 1.82) is 0 Å². The molecular weight excluding hydrogens is 519 g/mol. The molecule has 0 N–H and O–H groups in total. The Balaban J connectivity index is 1.34. The number of benzene rings is 6. The number of aromatic nitrogens is 2. The molecule has 0 radical (unpaired) electrons. The zero-order valence-electron chi connectivity index (χ0n) is 22.9. The number of rotatable bonds is 3. The molecule has 0 aliphatic rings. The molecule has 196 valence electrons. The summed E-state index contributed by atoms with van der Waals surface area (Å²) in [5, 5.41) is 6.91. The van der Waals surface area contributed by atoms with Crippen LogP contribution in [0, 0.1) is 0 Å². The molecule has 2 heterocycles. The lowest BCUT2D eigenvalue weighted by atomic mass is 9.98. The molecule has 0 saturated heterocycles. The first-order chi connectivity index (χ1) is 20.0. The summed E-state index contributed by atoms with van der Waals surface area (Å²) < 4.78 is 14.8. The maximum absolute atomic E-state index is 12.4. The zero-order chi connectivity index (χ0) is 27.7. The minimum atomic E-state index is -2.26. The normalized spacial score (nSPS) is 12.2. The van der Waals surface area contributed by atoms with Gasteiger partial charge in [-0.3, -0.25) is 4.40 Å². The smallest absolute Gasteiger partial charge is 0.146 e. The van der Waals surface area contributed by atoms with Crippen LogP contribution in [0.4, 0.5) is 0 Å². The average molecular weight is 547 g/mol. The minimum Gasteiger partial charge on any atom is -0.319 e. The van der Waals surface area contributed by atoms with Crippen LogP contribution in [0.5, 0.6) is 0 Å².